The SMILES string of the molecule is CN1CCN(CC(O)CN(C)C(=O)Nc2nc3c(s2)CCCCC3)CC1. The number of nitrogens with one attached hydrogen (secondary N) is 1. The lowest BCUT2D eigenvalue weighted by Crippen LogP contribution is -2.49. The highest BCUT2D eigenvalue weighted by atomic mass is 32.1. The molecule has 146 valence electrons. The average molecular weight is 382 g/mol. The Morgan fingerprint density at radius 1 is 1.27 bits per heavy atom. The zero-order valence-electron chi connectivity index (χ0n) is 15.9. The molecule has 0 saturated carbocycles. The first-order chi connectivity index (χ1) is 12.5. The predicted octanol–water partition coefficient (Wildman–Crippen LogP) is 1.48. The van der Waals surface area contributed by atoms with Crippen LogP contribution in [0.2, 0.25) is 0 Å². The van der Waals surface area contributed by atoms with E-state index in [9.17, 15) is 9.90 Å². The normalized spacial score (nSPS) is 20.3. The molecule has 0 aromatic carbocycles. The Morgan fingerprint density at radius 3 is 2.77 bits per heavy atom. The number of fused-ring (bicyclic) bond motifs is 1. The Morgan fingerprint density at radius 2 is 2.00 bits per heavy atom. The van der Waals surface area contributed by atoms with Gasteiger partial charge in [0.25, 0.3) is 0 Å². The van der Waals surface area contributed by atoms with Crippen LogP contribution in [0.3, 0.4) is 0 Å². The first kappa shape index (κ1) is 19.5. The number of carbonyl (C=O) groups excluding carboxylic acids is 1. The Kier molecular flexibility index (Phi) is 6.86. The van der Waals surface area contributed by atoms with Gasteiger partial charge in [-0.1, -0.05) is 6.42 Å². The van der Waals surface area contributed by atoms with Gasteiger partial charge in [0, 0.05) is 51.2 Å². The van der Waals surface area contributed by atoms with Crippen molar-refractivity contribution in [2.75, 3.05) is 58.7 Å². The summed E-state index contributed by atoms with van der Waals surface area (Å²) in [5, 5.41) is 13.9. The van der Waals surface area contributed by atoms with Gasteiger partial charge in [-0.2, -0.15) is 0 Å². The number of urea groups is 1. The molecule has 26 heavy (non-hydrogen) atoms. The Bertz CT molecular complexity index is 577. The van der Waals surface area contributed by atoms with Crippen LogP contribution in [-0.2, 0) is 12.8 Å². The van der Waals surface area contributed by atoms with Gasteiger partial charge in [-0.05, 0) is 32.7 Å². The van der Waals surface area contributed by atoms with Crippen molar-refractivity contribution < 1.29 is 9.90 Å². The fourth-order valence-electron chi connectivity index (χ4n) is 3.55. The standard InChI is InChI=1S/C18H31N5O2S/c1-21-8-10-23(11-9-21)13-14(24)12-22(2)18(25)20-17-19-15-6-4-3-5-7-16(15)26-17/h14,24H,3-13H2,1-2H3,(H,19,20,25). The third kappa shape index (κ3) is 5.39. The van der Waals surface area contributed by atoms with E-state index in [1.54, 1.807) is 23.3 Å². The number of aromatic nitrogens is 1. The molecule has 1 aromatic heterocycles. The van der Waals surface area contributed by atoms with Crippen molar-refractivity contribution in [1.29, 1.82) is 0 Å². The second kappa shape index (κ2) is 9.12. The minimum absolute atomic E-state index is 0.202. The van der Waals surface area contributed by atoms with E-state index in [4.69, 9.17) is 0 Å². The van der Waals surface area contributed by atoms with Gasteiger partial charge in [-0.15, -0.1) is 11.3 Å². The summed E-state index contributed by atoms with van der Waals surface area (Å²) in [6, 6.07) is -0.202. The van der Waals surface area contributed by atoms with E-state index in [1.807, 2.05) is 0 Å². The van der Waals surface area contributed by atoms with Crippen molar-refractivity contribution in [3.63, 3.8) is 0 Å². The molecule has 1 atom stereocenters. The van der Waals surface area contributed by atoms with Crippen LogP contribution in [0.15, 0.2) is 0 Å². The van der Waals surface area contributed by atoms with Crippen molar-refractivity contribution in [3.8, 4) is 0 Å². The molecule has 1 fully saturated rings. The number of aliphatic hydroxyl groups excluding tert-OH is 1. The number of likely N-dealkylation sites (N-methyl/N-ethyl adjacent to an activating group) is 2. The van der Waals surface area contributed by atoms with Crippen molar-refractivity contribution in [3.05, 3.63) is 10.6 Å². The number of nitrogens with zero attached hydrogens (tertiary/aromatic N) is 4. The summed E-state index contributed by atoms with van der Waals surface area (Å²) < 4.78 is 0. The molecule has 1 aliphatic carbocycles. The highest BCUT2D eigenvalue weighted by Gasteiger charge is 2.21. The van der Waals surface area contributed by atoms with Crippen molar-refractivity contribution in [1.82, 2.24) is 19.7 Å². The second-order valence-electron chi connectivity index (χ2n) is 7.52. The van der Waals surface area contributed by atoms with Crippen LogP contribution in [0.4, 0.5) is 9.93 Å². The van der Waals surface area contributed by atoms with Crippen LogP contribution >= 0.6 is 11.3 Å². The summed E-state index contributed by atoms with van der Waals surface area (Å²) in [6.45, 7) is 4.91. The lowest BCUT2D eigenvalue weighted by molar-refractivity contribution is 0.0670. The number of aryl methyl sites for hydroxylation is 2. The number of anilines is 1. The Balaban J connectivity index is 1.45. The van der Waals surface area contributed by atoms with Gasteiger partial charge in [0.2, 0.25) is 0 Å². The minimum atomic E-state index is -0.540. The number of thiazole rings is 1. The summed E-state index contributed by atoms with van der Waals surface area (Å²) in [7, 11) is 3.84. The monoisotopic (exact) mass is 381 g/mol. The molecule has 0 radical (unpaired) electrons. The Labute approximate surface area is 160 Å². The zero-order chi connectivity index (χ0) is 18.5. The quantitative estimate of drug-likeness (QED) is 0.756. The zero-order valence-corrected chi connectivity index (χ0v) is 16.7. The van der Waals surface area contributed by atoms with Gasteiger partial charge >= 0.3 is 6.03 Å². The first-order valence-corrected chi connectivity index (χ1v) is 10.4. The molecule has 1 saturated heterocycles. The highest BCUT2D eigenvalue weighted by Crippen LogP contribution is 2.29. The maximum Gasteiger partial charge on any atom is 0.323 e. The maximum atomic E-state index is 12.4. The largest absolute Gasteiger partial charge is 0.390 e. The first-order valence-electron chi connectivity index (χ1n) is 9.61. The van der Waals surface area contributed by atoms with Crippen LogP contribution in [0.1, 0.15) is 29.8 Å². The average Bonchev–Trinajstić information content (AvgIpc) is 2.85. The molecule has 1 aromatic rings. The molecular formula is C18H31N5O2S. The van der Waals surface area contributed by atoms with Crippen LogP contribution in [0, 0.1) is 0 Å². The molecule has 1 unspecified atom stereocenters. The molecule has 2 N–H and O–H groups in total. The third-order valence-corrected chi connectivity index (χ3v) is 6.28. The van der Waals surface area contributed by atoms with Crippen LogP contribution in [-0.4, -0.2) is 90.3 Å². The van der Waals surface area contributed by atoms with Crippen molar-refractivity contribution in [2.45, 2.75) is 38.2 Å². The van der Waals surface area contributed by atoms with E-state index < -0.39 is 6.10 Å². The van der Waals surface area contributed by atoms with Gasteiger partial charge in [0.1, 0.15) is 0 Å². The number of piperazine rings is 1. The van der Waals surface area contributed by atoms with Crippen LogP contribution in [0.5, 0.6) is 0 Å². The number of β-amino-alcohol motifs (C(OH)–C–C–N with tert-alkyl or cyclic N) is 1. The molecule has 8 heteroatoms. The number of hydrogen-bond donors (Lipinski definition) is 2. The number of rotatable bonds is 5. The van der Waals surface area contributed by atoms with Gasteiger partial charge in [0.15, 0.2) is 5.13 Å². The minimum Gasteiger partial charge on any atom is -0.390 e. The molecule has 7 nitrogen and oxygen atoms in total. The van der Waals surface area contributed by atoms with E-state index in [1.165, 1.54) is 24.1 Å². The van der Waals surface area contributed by atoms with E-state index in [0.717, 1.165) is 44.7 Å². The molecule has 2 heterocycles. The topological polar surface area (TPSA) is 71.9 Å². The van der Waals surface area contributed by atoms with Crippen LogP contribution < -0.4 is 5.32 Å². The molecule has 0 bridgehead atoms. The maximum absolute atomic E-state index is 12.4. The molecule has 0 spiro atoms. The summed E-state index contributed by atoms with van der Waals surface area (Å²) in [5.41, 5.74) is 1.15. The summed E-state index contributed by atoms with van der Waals surface area (Å²) in [5.74, 6) is 0. The molecular weight excluding hydrogens is 350 g/mol. The highest BCUT2D eigenvalue weighted by molar-refractivity contribution is 7.15. The summed E-state index contributed by atoms with van der Waals surface area (Å²) in [4.78, 5) is 24.4. The van der Waals surface area contributed by atoms with Gasteiger partial charge < -0.3 is 14.9 Å². The number of aliphatic hydroxyl groups is 1. The van der Waals surface area contributed by atoms with Gasteiger partial charge in [0.05, 0.1) is 11.8 Å². The molecule has 2 amide bonds. The third-order valence-electron chi connectivity index (χ3n) is 5.21. The lowest BCUT2D eigenvalue weighted by atomic mass is 10.2. The van der Waals surface area contributed by atoms with Crippen LogP contribution in [0.25, 0.3) is 0 Å². The molecule has 1 aliphatic heterocycles. The summed E-state index contributed by atoms with van der Waals surface area (Å²) >= 11 is 1.60. The number of hydrogen-bond acceptors (Lipinski definition) is 6. The van der Waals surface area contributed by atoms with E-state index in [-0.39, 0.29) is 6.03 Å². The number of amides is 2. The van der Waals surface area contributed by atoms with E-state index >= 15 is 0 Å². The Hall–Kier alpha value is -1.22. The molecule has 3 rings (SSSR count). The smallest absolute Gasteiger partial charge is 0.323 e. The predicted molar refractivity (Wildman–Crippen MR) is 105 cm³/mol. The van der Waals surface area contributed by atoms with Crippen molar-refractivity contribution >= 4 is 22.5 Å². The molecule has 2 aliphatic rings. The van der Waals surface area contributed by atoms with Crippen molar-refractivity contribution in [2.24, 2.45) is 0 Å². The fraction of sp³-hybridized carbons (Fsp3) is 0.778. The number of carbonyl (C=O) groups is 1. The fourth-order valence-corrected chi connectivity index (χ4v) is 4.59. The van der Waals surface area contributed by atoms with E-state index in [0.29, 0.717) is 18.2 Å². The van der Waals surface area contributed by atoms with Gasteiger partial charge in [-0.3, -0.25) is 10.2 Å². The van der Waals surface area contributed by atoms with E-state index in [2.05, 4.69) is 27.1 Å². The lowest BCUT2D eigenvalue weighted by Gasteiger charge is -2.34. The second-order valence-corrected chi connectivity index (χ2v) is 8.60. The van der Waals surface area contributed by atoms with Gasteiger partial charge in [-0.25, -0.2) is 9.78 Å². The summed E-state index contributed by atoms with van der Waals surface area (Å²) in [6.07, 6.45) is 5.20.